The number of phenolic OH excluding ortho intramolecular Hbond substituents is 1. The number of methoxy groups -OCH3 is 1. The quantitative estimate of drug-likeness (QED) is 0.447. The van der Waals surface area contributed by atoms with E-state index in [-0.39, 0.29) is 5.75 Å². The van der Waals surface area contributed by atoms with Crippen LogP contribution in [0.5, 0.6) is 11.5 Å². The van der Waals surface area contributed by atoms with E-state index in [1.807, 2.05) is 29.6 Å². The molecule has 7 heteroatoms. The molecule has 2 aromatic carbocycles. The van der Waals surface area contributed by atoms with Crippen molar-refractivity contribution in [3.63, 3.8) is 0 Å². The molecule has 26 heavy (non-hydrogen) atoms. The number of aromatic nitrogens is 1. The summed E-state index contributed by atoms with van der Waals surface area (Å²) < 4.78 is 6.65. The predicted octanol–water partition coefficient (Wildman–Crippen LogP) is 6.11. The zero-order valence-electron chi connectivity index (χ0n) is 13.5. The molecule has 0 aliphatic carbocycles. The molecule has 1 aromatic heterocycles. The maximum atomic E-state index is 9.91. The summed E-state index contributed by atoms with van der Waals surface area (Å²) >= 11 is 8.11. The third-order valence-electron chi connectivity index (χ3n) is 3.58. The summed E-state index contributed by atoms with van der Waals surface area (Å²) in [6, 6.07) is 13.4. The molecule has 0 saturated heterocycles. The topological polar surface area (TPSA) is 66.1 Å². The van der Waals surface area contributed by atoms with Gasteiger partial charge in [0.1, 0.15) is 11.1 Å². The van der Waals surface area contributed by atoms with Gasteiger partial charge in [-0.1, -0.05) is 28.1 Å². The minimum atomic E-state index is 0.0231. The summed E-state index contributed by atoms with van der Waals surface area (Å²) in [4.78, 5) is 4.58. The van der Waals surface area contributed by atoms with E-state index in [2.05, 4.69) is 42.9 Å². The van der Waals surface area contributed by atoms with Crippen LogP contribution in [0.1, 0.15) is 10.6 Å². The van der Waals surface area contributed by atoms with Crippen LogP contribution >= 0.6 is 43.2 Å². The van der Waals surface area contributed by atoms with Crippen molar-refractivity contribution in [2.75, 3.05) is 7.11 Å². The molecule has 0 aliphatic rings. The van der Waals surface area contributed by atoms with Gasteiger partial charge in [0, 0.05) is 15.4 Å². The van der Waals surface area contributed by atoms with Gasteiger partial charge in [-0.2, -0.15) is 5.26 Å². The van der Waals surface area contributed by atoms with Gasteiger partial charge in [-0.15, -0.1) is 11.3 Å². The van der Waals surface area contributed by atoms with Crippen LogP contribution < -0.4 is 4.74 Å². The van der Waals surface area contributed by atoms with Crippen molar-refractivity contribution in [2.45, 2.75) is 0 Å². The number of ether oxygens (including phenoxy) is 1. The Kier molecular flexibility index (Phi) is 5.77. The maximum absolute atomic E-state index is 9.91. The van der Waals surface area contributed by atoms with Gasteiger partial charge in [0.15, 0.2) is 11.5 Å². The molecule has 0 atom stereocenters. The van der Waals surface area contributed by atoms with Crippen molar-refractivity contribution in [3.05, 3.63) is 61.3 Å². The number of hydrogen-bond acceptors (Lipinski definition) is 5. The van der Waals surface area contributed by atoms with Gasteiger partial charge < -0.3 is 9.84 Å². The van der Waals surface area contributed by atoms with E-state index in [4.69, 9.17) is 4.74 Å². The van der Waals surface area contributed by atoms with Gasteiger partial charge in [-0.3, -0.25) is 0 Å². The fourth-order valence-electron chi connectivity index (χ4n) is 2.29. The lowest BCUT2D eigenvalue weighted by Gasteiger charge is -2.06. The van der Waals surface area contributed by atoms with Crippen molar-refractivity contribution in [1.29, 1.82) is 5.26 Å². The molecule has 4 nitrogen and oxygen atoms in total. The summed E-state index contributed by atoms with van der Waals surface area (Å²) in [7, 11) is 1.48. The molecular formula is C19H12Br2N2O2S. The van der Waals surface area contributed by atoms with E-state index in [0.717, 1.165) is 21.3 Å². The Balaban J connectivity index is 1.97. The predicted molar refractivity (Wildman–Crippen MR) is 111 cm³/mol. The van der Waals surface area contributed by atoms with E-state index in [9.17, 15) is 10.4 Å². The average Bonchev–Trinajstić information content (AvgIpc) is 3.13. The van der Waals surface area contributed by atoms with E-state index >= 15 is 0 Å². The first kappa shape index (κ1) is 18.6. The molecule has 1 heterocycles. The Morgan fingerprint density at radius 1 is 1.27 bits per heavy atom. The third-order valence-corrected chi connectivity index (χ3v) is 5.59. The fraction of sp³-hybridized carbons (Fsp3) is 0.0526. The van der Waals surface area contributed by atoms with E-state index in [0.29, 0.717) is 20.8 Å². The second-order valence-electron chi connectivity index (χ2n) is 5.27. The van der Waals surface area contributed by atoms with Crippen LogP contribution in [0, 0.1) is 11.3 Å². The highest BCUT2D eigenvalue weighted by Crippen LogP contribution is 2.36. The van der Waals surface area contributed by atoms with Gasteiger partial charge in [-0.05, 0) is 51.8 Å². The summed E-state index contributed by atoms with van der Waals surface area (Å²) in [5, 5.41) is 22.0. The first-order valence-electron chi connectivity index (χ1n) is 7.42. The first-order chi connectivity index (χ1) is 12.5. The Bertz CT molecular complexity index is 1020. The van der Waals surface area contributed by atoms with Gasteiger partial charge in [0.25, 0.3) is 0 Å². The molecule has 0 spiro atoms. The molecular weight excluding hydrogens is 480 g/mol. The molecule has 0 fully saturated rings. The Hall–Kier alpha value is -2.14. The number of thiazole rings is 1. The van der Waals surface area contributed by atoms with Crippen LogP contribution in [-0.2, 0) is 0 Å². The lowest BCUT2D eigenvalue weighted by Crippen LogP contribution is -1.87. The SMILES string of the molecule is COc1cc(/C=C(/C#N)c2nc(-c3ccc(Br)cc3)cs2)cc(Br)c1O. The van der Waals surface area contributed by atoms with E-state index in [1.54, 1.807) is 18.2 Å². The van der Waals surface area contributed by atoms with Crippen molar-refractivity contribution in [2.24, 2.45) is 0 Å². The van der Waals surface area contributed by atoms with Gasteiger partial charge in [0.05, 0.1) is 22.8 Å². The molecule has 0 bridgehead atoms. The minimum Gasteiger partial charge on any atom is -0.503 e. The maximum Gasteiger partial charge on any atom is 0.172 e. The van der Waals surface area contributed by atoms with E-state index < -0.39 is 0 Å². The number of allylic oxidation sites excluding steroid dienone is 1. The summed E-state index contributed by atoms with van der Waals surface area (Å²) in [5.41, 5.74) is 2.98. The summed E-state index contributed by atoms with van der Waals surface area (Å²) in [6.07, 6.45) is 1.72. The molecule has 0 unspecified atom stereocenters. The van der Waals surface area contributed by atoms with Crippen LogP contribution in [0.3, 0.4) is 0 Å². The first-order valence-corrected chi connectivity index (χ1v) is 9.88. The van der Waals surface area contributed by atoms with Gasteiger partial charge >= 0.3 is 0 Å². The standard InChI is InChI=1S/C19H12Br2N2O2S/c1-25-17-8-11(7-15(21)18(17)24)6-13(9-22)19-23-16(10-26-19)12-2-4-14(20)5-3-12/h2-8,10,24H,1H3/b13-6-. The average molecular weight is 492 g/mol. The van der Waals surface area contributed by atoms with Crippen LogP contribution in [-0.4, -0.2) is 17.2 Å². The zero-order valence-corrected chi connectivity index (χ0v) is 17.5. The third kappa shape index (κ3) is 3.98. The highest BCUT2D eigenvalue weighted by atomic mass is 79.9. The van der Waals surface area contributed by atoms with Crippen molar-refractivity contribution in [3.8, 4) is 28.8 Å². The number of rotatable bonds is 4. The largest absolute Gasteiger partial charge is 0.503 e. The fourth-order valence-corrected chi connectivity index (χ4v) is 3.81. The highest BCUT2D eigenvalue weighted by Gasteiger charge is 2.12. The zero-order chi connectivity index (χ0) is 18.7. The van der Waals surface area contributed by atoms with Crippen molar-refractivity contribution in [1.82, 2.24) is 4.98 Å². The molecule has 0 saturated carbocycles. The number of aromatic hydroxyl groups is 1. The van der Waals surface area contributed by atoms with Gasteiger partial charge in [0.2, 0.25) is 0 Å². The Morgan fingerprint density at radius 3 is 2.65 bits per heavy atom. The van der Waals surface area contributed by atoms with Crippen LogP contribution in [0.4, 0.5) is 0 Å². The number of halogens is 2. The van der Waals surface area contributed by atoms with Crippen LogP contribution in [0.2, 0.25) is 0 Å². The Labute approximate surface area is 171 Å². The lowest BCUT2D eigenvalue weighted by molar-refractivity contribution is 0.372. The molecule has 1 N–H and O–H groups in total. The number of phenols is 1. The molecule has 3 rings (SSSR count). The highest BCUT2D eigenvalue weighted by molar-refractivity contribution is 9.10. The molecule has 0 amide bonds. The summed E-state index contributed by atoms with van der Waals surface area (Å²) in [5.74, 6) is 0.354. The molecule has 0 aliphatic heterocycles. The van der Waals surface area contributed by atoms with Crippen LogP contribution in [0.15, 0.2) is 50.7 Å². The second-order valence-corrected chi connectivity index (χ2v) is 7.90. The number of nitriles is 1. The Morgan fingerprint density at radius 2 is 2.00 bits per heavy atom. The number of benzene rings is 2. The van der Waals surface area contributed by atoms with Crippen molar-refractivity contribution < 1.29 is 9.84 Å². The molecule has 130 valence electrons. The van der Waals surface area contributed by atoms with E-state index in [1.165, 1.54) is 18.4 Å². The van der Waals surface area contributed by atoms with Crippen molar-refractivity contribution >= 4 is 54.8 Å². The summed E-state index contributed by atoms with van der Waals surface area (Å²) in [6.45, 7) is 0. The number of hydrogen-bond donors (Lipinski definition) is 1. The monoisotopic (exact) mass is 490 g/mol. The lowest BCUT2D eigenvalue weighted by atomic mass is 10.1. The minimum absolute atomic E-state index is 0.0231. The van der Waals surface area contributed by atoms with Crippen LogP contribution in [0.25, 0.3) is 22.9 Å². The molecule has 3 aromatic rings. The number of nitrogens with zero attached hydrogens (tertiary/aromatic N) is 2. The normalized spacial score (nSPS) is 11.2. The smallest absolute Gasteiger partial charge is 0.172 e. The second kappa shape index (κ2) is 8.04. The van der Waals surface area contributed by atoms with Gasteiger partial charge in [-0.25, -0.2) is 4.98 Å². The molecule has 0 radical (unpaired) electrons.